The lowest BCUT2D eigenvalue weighted by molar-refractivity contribution is -0.0249. The quantitative estimate of drug-likeness (QED) is 0.576. The number of carbonyl (C=O) groups is 2. The van der Waals surface area contributed by atoms with E-state index in [2.05, 4.69) is 10.3 Å². The van der Waals surface area contributed by atoms with E-state index in [1.165, 1.54) is 12.1 Å². The molecule has 0 saturated carbocycles. The Bertz CT molecular complexity index is 1270. The predicted molar refractivity (Wildman–Crippen MR) is 132 cm³/mol. The van der Waals surface area contributed by atoms with Crippen molar-refractivity contribution in [1.29, 1.82) is 0 Å². The zero-order valence-corrected chi connectivity index (χ0v) is 20.4. The number of ether oxygens (including phenoxy) is 1. The van der Waals surface area contributed by atoms with Gasteiger partial charge in [0.15, 0.2) is 5.78 Å². The maximum absolute atomic E-state index is 14.5. The minimum Gasteiger partial charge on any atom is -0.377 e. The summed E-state index contributed by atoms with van der Waals surface area (Å²) in [6, 6.07) is 5.85. The summed E-state index contributed by atoms with van der Waals surface area (Å²) in [6.45, 7) is 8.28. The standard InChI is InChI=1S/C27H31FN4O3/c1-16-14-35-15-17(2)31(16)27(34)22-12-20(28)4-5-23(22)32-18(3)25(21-8-11-30-13-24(21)32)26(33)19-6-9-29-10-7-19/h4-5,8,11-13,16-17,19,29H,6-7,9-10,14-15H2,1-3H3/t16-,17-/m1/s1. The van der Waals surface area contributed by atoms with Gasteiger partial charge in [0, 0.05) is 28.8 Å². The van der Waals surface area contributed by atoms with E-state index >= 15 is 0 Å². The Morgan fingerprint density at radius 3 is 2.54 bits per heavy atom. The van der Waals surface area contributed by atoms with Crippen LogP contribution < -0.4 is 5.32 Å². The maximum atomic E-state index is 14.5. The van der Waals surface area contributed by atoms with Crippen LogP contribution in [0.1, 0.15) is 53.1 Å². The molecule has 2 fully saturated rings. The molecule has 2 saturated heterocycles. The number of piperidine rings is 1. The first-order valence-corrected chi connectivity index (χ1v) is 12.3. The second kappa shape index (κ2) is 9.51. The fourth-order valence-corrected chi connectivity index (χ4v) is 5.59. The normalized spacial score (nSPS) is 21.4. The number of halogens is 1. The van der Waals surface area contributed by atoms with Crippen LogP contribution in [0.2, 0.25) is 0 Å². The van der Waals surface area contributed by atoms with E-state index in [0.29, 0.717) is 24.5 Å². The van der Waals surface area contributed by atoms with Gasteiger partial charge in [0.2, 0.25) is 0 Å². The molecular formula is C27H31FN4O3. The van der Waals surface area contributed by atoms with Crippen molar-refractivity contribution >= 4 is 22.6 Å². The van der Waals surface area contributed by atoms with Crippen LogP contribution >= 0.6 is 0 Å². The summed E-state index contributed by atoms with van der Waals surface area (Å²) in [5.74, 6) is -0.668. The van der Waals surface area contributed by atoms with Crippen LogP contribution in [0, 0.1) is 18.7 Å². The van der Waals surface area contributed by atoms with Crippen molar-refractivity contribution in [3.8, 4) is 5.69 Å². The summed E-state index contributed by atoms with van der Waals surface area (Å²) in [6.07, 6.45) is 4.98. The maximum Gasteiger partial charge on any atom is 0.256 e. The first-order valence-electron chi connectivity index (χ1n) is 12.3. The highest BCUT2D eigenvalue weighted by molar-refractivity contribution is 6.11. The van der Waals surface area contributed by atoms with E-state index < -0.39 is 5.82 Å². The number of pyridine rings is 1. The average Bonchev–Trinajstić information content (AvgIpc) is 3.15. The third-order valence-electron chi connectivity index (χ3n) is 7.30. The van der Waals surface area contributed by atoms with E-state index in [4.69, 9.17) is 4.74 Å². The molecule has 35 heavy (non-hydrogen) atoms. The zero-order chi connectivity index (χ0) is 24.7. The molecule has 0 spiro atoms. The fourth-order valence-electron chi connectivity index (χ4n) is 5.59. The Morgan fingerprint density at radius 2 is 1.83 bits per heavy atom. The molecular weight excluding hydrogens is 447 g/mol. The molecule has 184 valence electrons. The Kier molecular flexibility index (Phi) is 6.42. The highest BCUT2D eigenvalue weighted by atomic mass is 19.1. The topological polar surface area (TPSA) is 76.5 Å². The third kappa shape index (κ3) is 4.15. The Labute approximate surface area is 204 Å². The number of hydrogen-bond acceptors (Lipinski definition) is 5. The molecule has 0 bridgehead atoms. The number of benzene rings is 1. The third-order valence-corrected chi connectivity index (χ3v) is 7.30. The van der Waals surface area contributed by atoms with Gasteiger partial charge in [-0.1, -0.05) is 0 Å². The van der Waals surface area contributed by atoms with Crippen LogP contribution in [0.15, 0.2) is 36.7 Å². The molecule has 1 amide bonds. The van der Waals surface area contributed by atoms with Gasteiger partial charge in [0.1, 0.15) is 5.82 Å². The molecule has 0 radical (unpaired) electrons. The van der Waals surface area contributed by atoms with Gasteiger partial charge in [-0.25, -0.2) is 4.39 Å². The van der Waals surface area contributed by atoms with Gasteiger partial charge in [-0.2, -0.15) is 0 Å². The second-order valence-electron chi connectivity index (χ2n) is 9.69. The number of nitrogens with one attached hydrogen (secondary N) is 1. The number of nitrogens with zero attached hydrogens (tertiary/aromatic N) is 3. The van der Waals surface area contributed by atoms with Crippen molar-refractivity contribution in [2.75, 3.05) is 26.3 Å². The van der Waals surface area contributed by atoms with E-state index in [-0.39, 0.29) is 35.3 Å². The van der Waals surface area contributed by atoms with Crippen LogP contribution in [-0.2, 0) is 4.74 Å². The number of Topliss-reactive ketones (excluding diaryl/α,β-unsaturated/α-hetero) is 1. The van der Waals surface area contributed by atoms with Crippen molar-refractivity contribution in [2.45, 2.75) is 45.7 Å². The molecule has 2 aliphatic rings. The van der Waals surface area contributed by atoms with E-state index in [1.54, 1.807) is 23.4 Å². The highest BCUT2D eigenvalue weighted by Gasteiger charge is 2.33. The fraction of sp³-hybridized carbons (Fsp3) is 0.444. The van der Waals surface area contributed by atoms with E-state index in [1.807, 2.05) is 31.4 Å². The van der Waals surface area contributed by atoms with Crippen LogP contribution in [0.25, 0.3) is 16.6 Å². The predicted octanol–water partition coefficient (Wildman–Crippen LogP) is 3.90. The van der Waals surface area contributed by atoms with Crippen molar-refractivity contribution in [3.05, 3.63) is 59.3 Å². The van der Waals surface area contributed by atoms with Crippen molar-refractivity contribution < 1.29 is 18.7 Å². The number of carbonyl (C=O) groups excluding carboxylic acids is 2. The number of aromatic nitrogens is 2. The molecule has 5 rings (SSSR count). The minimum atomic E-state index is -0.482. The summed E-state index contributed by atoms with van der Waals surface area (Å²) < 4.78 is 22.0. The monoisotopic (exact) mass is 478 g/mol. The lowest BCUT2D eigenvalue weighted by atomic mass is 9.88. The number of morpholine rings is 1. The van der Waals surface area contributed by atoms with Crippen molar-refractivity contribution in [3.63, 3.8) is 0 Å². The molecule has 2 atom stereocenters. The zero-order valence-electron chi connectivity index (χ0n) is 20.4. The molecule has 1 N–H and O–H groups in total. The Hall–Kier alpha value is -3.10. The van der Waals surface area contributed by atoms with Gasteiger partial charge in [-0.15, -0.1) is 0 Å². The van der Waals surface area contributed by atoms with Crippen molar-refractivity contribution in [1.82, 2.24) is 19.8 Å². The molecule has 2 aliphatic heterocycles. The van der Waals surface area contributed by atoms with Crippen LogP contribution in [0.4, 0.5) is 4.39 Å². The summed E-state index contributed by atoms with van der Waals surface area (Å²) >= 11 is 0. The number of amides is 1. The van der Waals surface area contributed by atoms with Gasteiger partial charge in [0.25, 0.3) is 5.91 Å². The van der Waals surface area contributed by atoms with E-state index in [0.717, 1.165) is 42.5 Å². The lowest BCUT2D eigenvalue weighted by Gasteiger charge is -2.39. The van der Waals surface area contributed by atoms with Gasteiger partial charge in [-0.05, 0) is 71.0 Å². The van der Waals surface area contributed by atoms with Crippen LogP contribution in [0.3, 0.4) is 0 Å². The molecule has 7 nitrogen and oxygen atoms in total. The van der Waals surface area contributed by atoms with Crippen LogP contribution in [-0.4, -0.2) is 64.5 Å². The summed E-state index contributed by atoms with van der Waals surface area (Å²) in [5.41, 5.74) is 2.92. The number of rotatable bonds is 4. The molecule has 1 aromatic carbocycles. The molecule has 2 aromatic heterocycles. The lowest BCUT2D eigenvalue weighted by Crippen LogP contribution is -2.52. The highest BCUT2D eigenvalue weighted by Crippen LogP contribution is 2.34. The molecule has 4 heterocycles. The van der Waals surface area contributed by atoms with Gasteiger partial charge >= 0.3 is 0 Å². The average molecular weight is 479 g/mol. The van der Waals surface area contributed by atoms with Gasteiger partial charge in [0.05, 0.1) is 48.3 Å². The second-order valence-corrected chi connectivity index (χ2v) is 9.69. The first-order chi connectivity index (χ1) is 16.9. The molecule has 0 unspecified atom stereocenters. The smallest absolute Gasteiger partial charge is 0.256 e. The summed E-state index contributed by atoms with van der Waals surface area (Å²) in [5, 5.41) is 4.12. The molecule has 8 heteroatoms. The van der Waals surface area contributed by atoms with Gasteiger partial charge in [-0.3, -0.25) is 14.6 Å². The minimum absolute atomic E-state index is 0.0495. The van der Waals surface area contributed by atoms with E-state index in [9.17, 15) is 14.0 Å². The Balaban J connectivity index is 1.67. The van der Waals surface area contributed by atoms with Crippen LogP contribution in [0.5, 0.6) is 0 Å². The number of ketones is 1. The van der Waals surface area contributed by atoms with Crippen molar-refractivity contribution in [2.24, 2.45) is 5.92 Å². The summed E-state index contributed by atoms with van der Waals surface area (Å²) in [4.78, 5) is 33.5. The largest absolute Gasteiger partial charge is 0.377 e. The first kappa shape index (κ1) is 23.6. The molecule has 0 aliphatic carbocycles. The summed E-state index contributed by atoms with van der Waals surface area (Å²) in [7, 11) is 0. The Morgan fingerprint density at radius 1 is 1.11 bits per heavy atom. The molecule has 3 aromatic rings. The number of fused-ring (bicyclic) bond motifs is 1. The van der Waals surface area contributed by atoms with Gasteiger partial charge < -0.3 is 19.5 Å². The SMILES string of the molecule is Cc1c(C(=O)C2CCNCC2)c2ccncc2n1-c1ccc(F)cc1C(=O)N1[C@H](C)COC[C@H]1C. The number of hydrogen-bond donors (Lipinski definition) is 1.